The van der Waals surface area contributed by atoms with E-state index in [-0.39, 0.29) is 0 Å². The first kappa shape index (κ1) is 16.1. The number of benzene rings is 1. The van der Waals surface area contributed by atoms with Gasteiger partial charge in [0.1, 0.15) is 5.82 Å². The highest BCUT2D eigenvalue weighted by Gasteiger charge is 2.25. The molecule has 4 rings (SSSR count). The van der Waals surface area contributed by atoms with Crippen molar-refractivity contribution in [2.75, 3.05) is 11.4 Å². The summed E-state index contributed by atoms with van der Waals surface area (Å²) in [5.41, 5.74) is 6.17. The predicted molar refractivity (Wildman–Crippen MR) is 103 cm³/mol. The topological polar surface area (TPSA) is 34.0 Å². The number of aryl methyl sites for hydroxylation is 1. The number of anilines is 1. The van der Waals surface area contributed by atoms with E-state index in [1.807, 2.05) is 0 Å². The van der Waals surface area contributed by atoms with Crippen LogP contribution in [0.3, 0.4) is 0 Å². The average molecular weight is 334 g/mol. The zero-order valence-electron chi connectivity index (χ0n) is 15.6. The quantitative estimate of drug-likeness (QED) is 0.719. The Balaban J connectivity index is 1.77. The Morgan fingerprint density at radius 1 is 1.16 bits per heavy atom. The predicted octanol–water partition coefficient (Wildman–Crippen LogP) is 4.22. The van der Waals surface area contributed by atoms with Gasteiger partial charge in [0, 0.05) is 48.4 Å². The molecular weight excluding hydrogens is 308 g/mol. The third kappa shape index (κ3) is 2.70. The summed E-state index contributed by atoms with van der Waals surface area (Å²) in [6, 6.07) is 10.7. The molecule has 0 spiro atoms. The van der Waals surface area contributed by atoms with Gasteiger partial charge in [0.2, 0.25) is 0 Å². The number of pyridine rings is 1. The van der Waals surface area contributed by atoms with E-state index in [2.05, 4.69) is 67.6 Å². The molecule has 0 N–H and O–H groups in total. The number of nitrogens with zero attached hydrogens (tertiary/aromatic N) is 4. The SMILES string of the molecule is CCc1cc(N2CCc3c(nc(C(C)C)n3C)C2)c2ccccc2n1. The van der Waals surface area contributed by atoms with Crippen LogP contribution in [0, 0.1) is 0 Å². The fourth-order valence-electron chi connectivity index (χ4n) is 3.92. The number of fused-ring (bicyclic) bond motifs is 2. The smallest absolute Gasteiger partial charge is 0.111 e. The zero-order valence-corrected chi connectivity index (χ0v) is 15.6. The first-order valence-electron chi connectivity index (χ1n) is 9.26. The van der Waals surface area contributed by atoms with Gasteiger partial charge < -0.3 is 9.47 Å². The van der Waals surface area contributed by atoms with Crippen molar-refractivity contribution in [1.82, 2.24) is 14.5 Å². The van der Waals surface area contributed by atoms with E-state index in [9.17, 15) is 0 Å². The van der Waals surface area contributed by atoms with Gasteiger partial charge >= 0.3 is 0 Å². The lowest BCUT2D eigenvalue weighted by Crippen LogP contribution is -2.31. The van der Waals surface area contributed by atoms with Gasteiger partial charge in [-0.05, 0) is 18.6 Å². The lowest BCUT2D eigenvalue weighted by atomic mass is 10.1. The van der Waals surface area contributed by atoms with E-state index in [0.29, 0.717) is 5.92 Å². The van der Waals surface area contributed by atoms with Crippen LogP contribution in [0.5, 0.6) is 0 Å². The minimum Gasteiger partial charge on any atom is -0.365 e. The molecule has 0 unspecified atom stereocenters. The Hall–Kier alpha value is -2.36. The van der Waals surface area contributed by atoms with Crippen molar-refractivity contribution in [1.29, 1.82) is 0 Å². The molecule has 130 valence electrons. The molecule has 0 fully saturated rings. The van der Waals surface area contributed by atoms with Gasteiger partial charge in [-0.1, -0.05) is 39.0 Å². The van der Waals surface area contributed by atoms with Crippen LogP contribution >= 0.6 is 0 Å². The third-order valence-corrected chi connectivity index (χ3v) is 5.26. The van der Waals surface area contributed by atoms with Crippen molar-refractivity contribution in [3.8, 4) is 0 Å². The maximum absolute atomic E-state index is 4.95. The molecule has 0 bridgehead atoms. The first-order valence-corrected chi connectivity index (χ1v) is 9.26. The molecule has 2 aromatic heterocycles. The summed E-state index contributed by atoms with van der Waals surface area (Å²) in [4.78, 5) is 12.2. The zero-order chi connectivity index (χ0) is 17.6. The fourth-order valence-corrected chi connectivity index (χ4v) is 3.92. The van der Waals surface area contributed by atoms with Crippen molar-refractivity contribution >= 4 is 16.6 Å². The van der Waals surface area contributed by atoms with Crippen molar-refractivity contribution in [3.05, 3.63) is 53.2 Å². The Morgan fingerprint density at radius 2 is 1.96 bits per heavy atom. The van der Waals surface area contributed by atoms with E-state index < -0.39 is 0 Å². The number of rotatable bonds is 3. The summed E-state index contributed by atoms with van der Waals surface area (Å²) in [7, 11) is 2.16. The van der Waals surface area contributed by atoms with E-state index in [1.54, 1.807) is 0 Å². The molecular formula is C21H26N4. The molecule has 0 aliphatic carbocycles. The Morgan fingerprint density at radius 3 is 2.72 bits per heavy atom. The number of imidazole rings is 1. The monoisotopic (exact) mass is 334 g/mol. The second-order valence-corrected chi connectivity index (χ2v) is 7.25. The molecule has 4 heteroatoms. The number of aromatic nitrogens is 3. The Bertz CT molecular complexity index is 923. The van der Waals surface area contributed by atoms with Crippen molar-refractivity contribution in [3.63, 3.8) is 0 Å². The number of para-hydroxylation sites is 1. The maximum Gasteiger partial charge on any atom is 0.111 e. The number of hydrogen-bond donors (Lipinski definition) is 0. The summed E-state index contributed by atoms with van der Waals surface area (Å²) < 4.78 is 2.31. The maximum atomic E-state index is 4.95. The molecule has 4 nitrogen and oxygen atoms in total. The van der Waals surface area contributed by atoms with E-state index in [1.165, 1.54) is 28.3 Å². The van der Waals surface area contributed by atoms with Gasteiger partial charge in [-0.3, -0.25) is 4.98 Å². The van der Waals surface area contributed by atoms with Gasteiger partial charge in [-0.25, -0.2) is 4.98 Å². The van der Waals surface area contributed by atoms with Crippen LogP contribution in [0.25, 0.3) is 10.9 Å². The summed E-state index contributed by atoms with van der Waals surface area (Å²) in [5.74, 6) is 1.65. The van der Waals surface area contributed by atoms with Gasteiger partial charge in [0.25, 0.3) is 0 Å². The van der Waals surface area contributed by atoms with Crippen LogP contribution in [0.4, 0.5) is 5.69 Å². The molecule has 0 amide bonds. The highest BCUT2D eigenvalue weighted by molar-refractivity contribution is 5.92. The highest BCUT2D eigenvalue weighted by Crippen LogP contribution is 2.32. The van der Waals surface area contributed by atoms with Crippen LogP contribution < -0.4 is 4.90 Å². The van der Waals surface area contributed by atoms with E-state index >= 15 is 0 Å². The lowest BCUT2D eigenvalue weighted by Gasteiger charge is -2.30. The summed E-state index contributed by atoms with van der Waals surface area (Å²) >= 11 is 0. The fraction of sp³-hybridized carbons (Fsp3) is 0.429. The molecule has 25 heavy (non-hydrogen) atoms. The molecule has 0 saturated carbocycles. The third-order valence-electron chi connectivity index (χ3n) is 5.26. The largest absolute Gasteiger partial charge is 0.365 e. The van der Waals surface area contributed by atoms with Crippen LogP contribution in [-0.2, 0) is 26.4 Å². The molecule has 3 heterocycles. The molecule has 0 atom stereocenters. The normalized spacial score (nSPS) is 14.4. The number of hydrogen-bond acceptors (Lipinski definition) is 3. The first-order chi connectivity index (χ1) is 12.1. The minimum absolute atomic E-state index is 0.456. The highest BCUT2D eigenvalue weighted by atomic mass is 15.2. The standard InChI is InChI=1S/C21H26N4/c1-5-15-12-20(16-8-6-7-9-17(16)22-15)25-11-10-19-18(13-25)23-21(14(2)3)24(19)4/h6-9,12,14H,5,10-11,13H2,1-4H3. The van der Waals surface area contributed by atoms with Crippen LogP contribution in [0.15, 0.2) is 30.3 Å². The van der Waals surface area contributed by atoms with E-state index in [4.69, 9.17) is 9.97 Å². The summed E-state index contributed by atoms with van der Waals surface area (Å²) in [6.07, 6.45) is 2.00. The minimum atomic E-state index is 0.456. The lowest BCUT2D eigenvalue weighted by molar-refractivity contribution is 0.663. The Labute approximate surface area is 149 Å². The van der Waals surface area contributed by atoms with Gasteiger partial charge in [-0.15, -0.1) is 0 Å². The van der Waals surface area contributed by atoms with Crippen LogP contribution in [-0.4, -0.2) is 21.1 Å². The molecule has 0 saturated heterocycles. The van der Waals surface area contributed by atoms with Crippen LogP contribution in [0.2, 0.25) is 0 Å². The molecule has 3 aromatic rings. The second kappa shape index (κ2) is 6.17. The van der Waals surface area contributed by atoms with Gasteiger partial charge in [0.15, 0.2) is 0 Å². The average Bonchev–Trinajstić information content (AvgIpc) is 2.97. The molecule has 0 radical (unpaired) electrons. The molecule has 1 aliphatic heterocycles. The van der Waals surface area contributed by atoms with Crippen molar-refractivity contribution in [2.24, 2.45) is 7.05 Å². The molecule has 1 aliphatic rings. The van der Waals surface area contributed by atoms with Crippen molar-refractivity contribution < 1.29 is 0 Å². The van der Waals surface area contributed by atoms with Gasteiger partial charge in [-0.2, -0.15) is 0 Å². The molecule has 1 aromatic carbocycles. The summed E-state index contributed by atoms with van der Waals surface area (Å²) in [6.45, 7) is 8.52. The summed E-state index contributed by atoms with van der Waals surface area (Å²) in [5, 5.41) is 1.24. The Kier molecular flexibility index (Phi) is 3.98. The van der Waals surface area contributed by atoms with Crippen molar-refractivity contribution in [2.45, 2.75) is 46.1 Å². The second-order valence-electron chi connectivity index (χ2n) is 7.25. The van der Waals surface area contributed by atoms with Gasteiger partial charge in [0.05, 0.1) is 17.8 Å². The van der Waals surface area contributed by atoms with Crippen LogP contribution in [0.1, 0.15) is 49.6 Å². The van der Waals surface area contributed by atoms with E-state index in [0.717, 1.165) is 37.1 Å².